The lowest BCUT2D eigenvalue weighted by atomic mass is 10.2. The van der Waals surface area contributed by atoms with Crippen LogP contribution in [0.5, 0.6) is 5.75 Å². The monoisotopic (exact) mass is 355 g/mol. The fourth-order valence-electron chi connectivity index (χ4n) is 1.63. The lowest BCUT2D eigenvalue weighted by molar-refractivity contribution is -0.123. The summed E-state index contributed by atoms with van der Waals surface area (Å²) in [4.78, 5) is 11.6. The van der Waals surface area contributed by atoms with E-state index in [0.717, 1.165) is 11.6 Å². The molecule has 0 radical (unpaired) electrons. The van der Waals surface area contributed by atoms with Gasteiger partial charge in [-0.05, 0) is 17.7 Å². The third kappa shape index (κ3) is 4.53. The van der Waals surface area contributed by atoms with Crippen molar-refractivity contribution in [3.05, 3.63) is 64.1 Å². The van der Waals surface area contributed by atoms with Gasteiger partial charge >= 0.3 is 0 Å². The maximum atomic E-state index is 13.4. The first-order chi connectivity index (χ1) is 10.1. The van der Waals surface area contributed by atoms with Gasteiger partial charge in [-0.25, -0.2) is 4.39 Å². The Kier molecular flexibility index (Phi) is 5.27. The predicted molar refractivity (Wildman–Crippen MR) is 77.8 cm³/mol. The summed E-state index contributed by atoms with van der Waals surface area (Å²) < 4.78 is 31.9. The van der Waals surface area contributed by atoms with Crippen molar-refractivity contribution in [1.29, 1.82) is 0 Å². The van der Waals surface area contributed by atoms with Crippen LogP contribution in [0.15, 0.2) is 46.9 Å². The fourth-order valence-corrected chi connectivity index (χ4v) is 2.04. The number of nitrogens with one attached hydrogen (secondary N) is 1. The van der Waals surface area contributed by atoms with Gasteiger partial charge in [0.1, 0.15) is 0 Å². The van der Waals surface area contributed by atoms with Crippen molar-refractivity contribution >= 4 is 21.8 Å². The first-order valence-corrected chi connectivity index (χ1v) is 6.93. The molecule has 0 aliphatic rings. The first-order valence-electron chi connectivity index (χ1n) is 6.14. The van der Waals surface area contributed by atoms with Crippen molar-refractivity contribution in [3.63, 3.8) is 0 Å². The van der Waals surface area contributed by atoms with E-state index < -0.39 is 17.5 Å². The molecule has 6 heteroatoms. The topological polar surface area (TPSA) is 38.3 Å². The van der Waals surface area contributed by atoms with Crippen LogP contribution < -0.4 is 10.1 Å². The highest BCUT2D eigenvalue weighted by Gasteiger charge is 2.12. The van der Waals surface area contributed by atoms with Crippen LogP contribution in [0.2, 0.25) is 0 Å². The lowest BCUT2D eigenvalue weighted by Gasteiger charge is -2.09. The molecule has 0 aliphatic carbocycles. The smallest absolute Gasteiger partial charge is 0.258 e. The normalized spacial score (nSPS) is 10.2. The van der Waals surface area contributed by atoms with Gasteiger partial charge in [0.2, 0.25) is 5.82 Å². The highest BCUT2D eigenvalue weighted by atomic mass is 79.9. The van der Waals surface area contributed by atoms with Gasteiger partial charge < -0.3 is 10.1 Å². The second-order valence-corrected chi connectivity index (χ2v) is 5.17. The number of hydrogen-bond acceptors (Lipinski definition) is 2. The van der Waals surface area contributed by atoms with E-state index in [9.17, 15) is 13.6 Å². The Labute approximate surface area is 129 Å². The molecule has 0 spiro atoms. The summed E-state index contributed by atoms with van der Waals surface area (Å²) in [6.45, 7) is -0.0436. The molecule has 2 aromatic carbocycles. The molecule has 2 aromatic rings. The predicted octanol–water partition coefficient (Wildman–Crippen LogP) is 3.42. The van der Waals surface area contributed by atoms with Crippen molar-refractivity contribution < 1.29 is 18.3 Å². The van der Waals surface area contributed by atoms with Crippen molar-refractivity contribution in [3.8, 4) is 5.75 Å². The molecule has 21 heavy (non-hydrogen) atoms. The third-order valence-corrected chi connectivity index (χ3v) is 3.11. The number of ether oxygens (including phenoxy) is 1. The number of carbonyl (C=O) groups excluding carboxylic acids is 1. The maximum absolute atomic E-state index is 13.4. The highest BCUT2D eigenvalue weighted by molar-refractivity contribution is 9.10. The molecule has 0 bridgehead atoms. The molecule has 0 aromatic heterocycles. The van der Waals surface area contributed by atoms with Crippen LogP contribution in [0.1, 0.15) is 5.56 Å². The zero-order valence-corrected chi connectivity index (χ0v) is 12.5. The third-order valence-electron chi connectivity index (χ3n) is 2.65. The molecule has 0 heterocycles. The number of benzene rings is 2. The summed E-state index contributed by atoms with van der Waals surface area (Å²) in [5.41, 5.74) is 0.936. The van der Waals surface area contributed by atoms with Crippen LogP contribution in [0.3, 0.4) is 0 Å². The minimum Gasteiger partial charge on any atom is -0.481 e. The van der Waals surface area contributed by atoms with Crippen LogP contribution >= 0.6 is 15.9 Å². The molecule has 0 atom stereocenters. The Morgan fingerprint density at radius 1 is 1.19 bits per heavy atom. The number of halogens is 3. The van der Waals surface area contributed by atoms with E-state index >= 15 is 0 Å². The van der Waals surface area contributed by atoms with Crippen LogP contribution in [0.4, 0.5) is 8.78 Å². The van der Waals surface area contributed by atoms with Crippen LogP contribution in [-0.2, 0) is 11.3 Å². The summed E-state index contributed by atoms with van der Waals surface area (Å²) in [7, 11) is 0. The van der Waals surface area contributed by atoms with Crippen LogP contribution in [0, 0.1) is 11.6 Å². The molecular weight excluding hydrogens is 344 g/mol. The van der Waals surface area contributed by atoms with E-state index in [1.54, 1.807) is 0 Å². The van der Waals surface area contributed by atoms with E-state index in [2.05, 4.69) is 21.2 Å². The van der Waals surface area contributed by atoms with Crippen molar-refractivity contribution in [2.45, 2.75) is 6.54 Å². The minimum absolute atomic E-state index is 0.309. The van der Waals surface area contributed by atoms with Gasteiger partial charge in [-0.1, -0.05) is 46.3 Å². The average molecular weight is 356 g/mol. The molecule has 110 valence electrons. The van der Waals surface area contributed by atoms with Gasteiger partial charge in [0.05, 0.1) is 0 Å². The van der Waals surface area contributed by atoms with E-state index in [1.807, 2.05) is 30.3 Å². The summed E-state index contributed by atoms with van der Waals surface area (Å²) in [5.74, 6) is -2.88. The Hall–Kier alpha value is -1.95. The molecule has 3 nitrogen and oxygen atoms in total. The van der Waals surface area contributed by atoms with Gasteiger partial charge in [-0.15, -0.1) is 0 Å². The van der Waals surface area contributed by atoms with Crippen LogP contribution in [0.25, 0.3) is 0 Å². The average Bonchev–Trinajstić information content (AvgIpc) is 2.48. The van der Waals surface area contributed by atoms with Gasteiger partial charge in [0.25, 0.3) is 5.91 Å². The van der Waals surface area contributed by atoms with E-state index in [-0.39, 0.29) is 12.4 Å². The summed E-state index contributed by atoms with van der Waals surface area (Å²) in [5, 5.41) is 2.63. The number of amides is 1. The van der Waals surface area contributed by atoms with Crippen LogP contribution in [-0.4, -0.2) is 12.5 Å². The SMILES string of the molecule is O=C(COc1cc(Br)cc(F)c1F)NCc1ccccc1. The number of hydrogen-bond donors (Lipinski definition) is 1. The van der Waals surface area contributed by atoms with Crippen molar-refractivity contribution in [2.24, 2.45) is 0 Å². The summed E-state index contributed by atoms with van der Waals surface area (Å²) in [6, 6.07) is 11.6. The maximum Gasteiger partial charge on any atom is 0.258 e. The largest absolute Gasteiger partial charge is 0.481 e. The number of rotatable bonds is 5. The van der Waals surface area contributed by atoms with Crippen molar-refractivity contribution in [1.82, 2.24) is 5.32 Å². The Morgan fingerprint density at radius 2 is 1.90 bits per heavy atom. The van der Waals surface area contributed by atoms with Crippen molar-refractivity contribution in [2.75, 3.05) is 6.61 Å². The van der Waals surface area contributed by atoms with E-state index in [1.165, 1.54) is 6.07 Å². The summed E-state index contributed by atoms with van der Waals surface area (Å²) >= 11 is 3.03. The molecule has 0 fully saturated rings. The Bertz CT molecular complexity index is 635. The second kappa shape index (κ2) is 7.17. The van der Waals surface area contributed by atoms with Gasteiger partial charge in [-0.2, -0.15) is 4.39 Å². The quantitative estimate of drug-likeness (QED) is 0.834. The first kappa shape index (κ1) is 15.4. The van der Waals surface area contributed by atoms with Gasteiger partial charge in [0.15, 0.2) is 18.2 Å². The molecule has 0 saturated carbocycles. The van der Waals surface area contributed by atoms with Gasteiger partial charge in [-0.3, -0.25) is 4.79 Å². The standard InChI is InChI=1S/C15H12BrF2NO2/c16-11-6-12(17)15(18)13(7-11)21-9-14(20)19-8-10-4-2-1-3-5-10/h1-7H,8-9H2,(H,19,20). The molecule has 1 amide bonds. The molecule has 0 unspecified atom stereocenters. The molecular formula is C15H12BrF2NO2. The Balaban J connectivity index is 1.87. The molecule has 0 saturated heterocycles. The zero-order valence-electron chi connectivity index (χ0n) is 10.9. The summed E-state index contributed by atoms with van der Waals surface area (Å²) in [6.07, 6.45) is 0. The van der Waals surface area contributed by atoms with E-state index in [4.69, 9.17) is 4.74 Å². The molecule has 2 rings (SSSR count). The highest BCUT2D eigenvalue weighted by Crippen LogP contribution is 2.25. The molecule has 0 aliphatic heterocycles. The lowest BCUT2D eigenvalue weighted by Crippen LogP contribution is -2.28. The van der Waals surface area contributed by atoms with E-state index in [0.29, 0.717) is 11.0 Å². The minimum atomic E-state index is -1.12. The molecule has 1 N–H and O–H groups in total. The zero-order chi connectivity index (χ0) is 15.2. The fraction of sp³-hybridized carbons (Fsp3) is 0.133. The van der Waals surface area contributed by atoms with Gasteiger partial charge in [0, 0.05) is 11.0 Å². The Morgan fingerprint density at radius 3 is 2.62 bits per heavy atom. The second-order valence-electron chi connectivity index (χ2n) is 4.25. The number of carbonyl (C=O) groups is 1.